The molecule has 1 N–H and O–H groups in total. The zero-order chi connectivity index (χ0) is 15.6. The highest BCUT2D eigenvalue weighted by molar-refractivity contribution is 7.88. The third kappa shape index (κ3) is 4.21. The van der Waals surface area contributed by atoms with Crippen LogP contribution in [0, 0.1) is 11.6 Å². The molecule has 0 bridgehead atoms. The van der Waals surface area contributed by atoms with E-state index in [2.05, 4.69) is 5.32 Å². The standard InChI is InChI=1S/C14H20F2N2O2S/c1-10(13-9-11(15)3-4-14(13)16)17-12-5-7-18(8-6-12)21(2,19)20/h3-4,9-10,12,17H,5-8H2,1-2H3. The quantitative estimate of drug-likeness (QED) is 0.924. The van der Waals surface area contributed by atoms with Crippen LogP contribution < -0.4 is 5.32 Å². The van der Waals surface area contributed by atoms with Crippen molar-refractivity contribution >= 4 is 10.0 Å². The summed E-state index contributed by atoms with van der Waals surface area (Å²) in [7, 11) is -3.15. The molecule has 0 saturated carbocycles. The van der Waals surface area contributed by atoms with Gasteiger partial charge in [-0.25, -0.2) is 21.5 Å². The minimum atomic E-state index is -3.15. The van der Waals surface area contributed by atoms with Crippen LogP contribution in [0.25, 0.3) is 0 Å². The van der Waals surface area contributed by atoms with Gasteiger partial charge in [-0.15, -0.1) is 0 Å². The molecule has 1 atom stereocenters. The molecule has 1 aliphatic heterocycles. The molecule has 0 amide bonds. The van der Waals surface area contributed by atoms with E-state index in [1.807, 2.05) is 0 Å². The second kappa shape index (κ2) is 6.37. The Morgan fingerprint density at radius 1 is 1.29 bits per heavy atom. The number of halogens is 2. The molecular formula is C14H20F2N2O2S. The van der Waals surface area contributed by atoms with E-state index in [1.165, 1.54) is 16.6 Å². The summed E-state index contributed by atoms with van der Waals surface area (Å²) in [6.45, 7) is 2.69. The maximum Gasteiger partial charge on any atom is 0.211 e. The number of hydrogen-bond acceptors (Lipinski definition) is 3. The summed E-state index contributed by atoms with van der Waals surface area (Å²) >= 11 is 0. The number of hydrogen-bond donors (Lipinski definition) is 1. The van der Waals surface area contributed by atoms with Crippen LogP contribution in [0.5, 0.6) is 0 Å². The number of piperidine rings is 1. The van der Waals surface area contributed by atoms with Gasteiger partial charge in [-0.2, -0.15) is 0 Å². The summed E-state index contributed by atoms with van der Waals surface area (Å²) in [5.74, 6) is -0.906. The summed E-state index contributed by atoms with van der Waals surface area (Å²) < 4.78 is 51.2. The molecule has 4 nitrogen and oxygen atoms in total. The fourth-order valence-corrected chi connectivity index (χ4v) is 3.52. The number of sulfonamides is 1. The lowest BCUT2D eigenvalue weighted by molar-refractivity contribution is 0.277. The van der Waals surface area contributed by atoms with Gasteiger partial charge in [0.05, 0.1) is 6.26 Å². The van der Waals surface area contributed by atoms with Crippen molar-refractivity contribution in [2.45, 2.75) is 31.8 Å². The molecule has 2 rings (SSSR count). The van der Waals surface area contributed by atoms with Crippen molar-refractivity contribution in [2.24, 2.45) is 0 Å². The van der Waals surface area contributed by atoms with Crippen LogP contribution in [0.1, 0.15) is 31.4 Å². The molecule has 0 radical (unpaired) electrons. The smallest absolute Gasteiger partial charge is 0.211 e. The Labute approximate surface area is 124 Å². The van der Waals surface area contributed by atoms with Crippen LogP contribution in [0.3, 0.4) is 0 Å². The average Bonchev–Trinajstić information content (AvgIpc) is 2.41. The lowest BCUT2D eigenvalue weighted by Gasteiger charge is -2.32. The molecule has 0 aromatic heterocycles. The highest BCUT2D eigenvalue weighted by Crippen LogP contribution is 2.21. The fourth-order valence-electron chi connectivity index (χ4n) is 2.64. The van der Waals surface area contributed by atoms with E-state index >= 15 is 0 Å². The van der Waals surface area contributed by atoms with Gasteiger partial charge in [-0.05, 0) is 38.0 Å². The largest absolute Gasteiger partial charge is 0.307 e. The van der Waals surface area contributed by atoms with Crippen LogP contribution in [-0.2, 0) is 10.0 Å². The summed E-state index contributed by atoms with van der Waals surface area (Å²) in [4.78, 5) is 0. The van der Waals surface area contributed by atoms with Crippen LogP contribution in [-0.4, -0.2) is 38.1 Å². The van der Waals surface area contributed by atoms with Gasteiger partial charge in [0, 0.05) is 30.7 Å². The SMILES string of the molecule is CC(NC1CCN(S(C)(=O)=O)CC1)c1cc(F)ccc1F. The first kappa shape index (κ1) is 16.3. The number of nitrogens with zero attached hydrogens (tertiary/aromatic N) is 1. The molecule has 0 spiro atoms. The first-order valence-corrected chi connectivity index (χ1v) is 8.78. The second-order valence-electron chi connectivity index (χ2n) is 5.49. The molecule has 1 heterocycles. The van der Waals surface area contributed by atoms with Gasteiger partial charge in [-0.3, -0.25) is 0 Å². The molecule has 21 heavy (non-hydrogen) atoms. The molecule has 0 aliphatic carbocycles. The molecular weight excluding hydrogens is 298 g/mol. The van der Waals surface area contributed by atoms with Gasteiger partial charge >= 0.3 is 0 Å². The van der Waals surface area contributed by atoms with E-state index in [-0.39, 0.29) is 12.1 Å². The monoisotopic (exact) mass is 318 g/mol. The Kier molecular flexibility index (Phi) is 4.95. The first-order valence-electron chi connectivity index (χ1n) is 6.93. The zero-order valence-corrected chi connectivity index (χ0v) is 13.0. The Morgan fingerprint density at radius 2 is 1.90 bits per heavy atom. The lowest BCUT2D eigenvalue weighted by Crippen LogP contribution is -2.45. The summed E-state index contributed by atoms with van der Waals surface area (Å²) in [5.41, 5.74) is 0.292. The molecule has 1 aromatic rings. The Balaban J connectivity index is 1.96. The fraction of sp³-hybridized carbons (Fsp3) is 0.571. The Hall–Kier alpha value is -1.05. The van der Waals surface area contributed by atoms with Gasteiger partial charge < -0.3 is 5.32 Å². The molecule has 1 unspecified atom stereocenters. The maximum absolute atomic E-state index is 13.7. The number of benzene rings is 1. The third-order valence-electron chi connectivity index (χ3n) is 3.83. The van der Waals surface area contributed by atoms with Crippen molar-refractivity contribution in [1.29, 1.82) is 0 Å². The lowest BCUT2D eigenvalue weighted by atomic mass is 10.0. The predicted octanol–water partition coefficient (Wildman–Crippen LogP) is 2.04. The van der Waals surface area contributed by atoms with Gasteiger partial charge in [0.25, 0.3) is 0 Å². The van der Waals surface area contributed by atoms with E-state index in [4.69, 9.17) is 0 Å². The van der Waals surface area contributed by atoms with E-state index < -0.39 is 21.7 Å². The minimum absolute atomic E-state index is 0.0978. The molecule has 7 heteroatoms. The topological polar surface area (TPSA) is 49.4 Å². The normalized spacial score (nSPS) is 19.6. The highest BCUT2D eigenvalue weighted by Gasteiger charge is 2.26. The van der Waals surface area contributed by atoms with E-state index in [0.29, 0.717) is 31.5 Å². The van der Waals surface area contributed by atoms with E-state index in [0.717, 1.165) is 12.1 Å². The van der Waals surface area contributed by atoms with Gasteiger partial charge in [-0.1, -0.05) is 0 Å². The van der Waals surface area contributed by atoms with E-state index in [9.17, 15) is 17.2 Å². The molecule has 1 fully saturated rings. The highest BCUT2D eigenvalue weighted by atomic mass is 32.2. The maximum atomic E-state index is 13.7. The van der Waals surface area contributed by atoms with Gasteiger partial charge in [0.15, 0.2) is 0 Å². The van der Waals surface area contributed by atoms with Crippen LogP contribution in [0.2, 0.25) is 0 Å². The Morgan fingerprint density at radius 3 is 2.48 bits per heavy atom. The van der Waals surface area contributed by atoms with Crippen LogP contribution >= 0.6 is 0 Å². The van der Waals surface area contributed by atoms with Crippen LogP contribution in [0.15, 0.2) is 18.2 Å². The zero-order valence-electron chi connectivity index (χ0n) is 12.1. The summed E-state index contributed by atoms with van der Waals surface area (Å²) in [5, 5.41) is 3.25. The molecule has 1 saturated heterocycles. The van der Waals surface area contributed by atoms with E-state index in [1.54, 1.807) is 6.92 Å². The number of rotatable bonds is 4. The Bertz CT molecular complexity index is 599. The number of nitrogens with one attached hydrogen (secondary N) is 1. The van der Waals surface area contributed by atoms with Crippen molar-refractivity contribution in [1.82, 2.24) is 9.62 Å². The van der Waals surface area contributed by atoms with Crippen molar-refractivity contribution in [3.8, 4) is 0 Å². The van der Waals surface area contributed by atoms with Gasteiger partial charge in [0.2, 0.25) is 10.0 Å². The molecule has 1 aliphatic rings. The summed E-state index contributed by atoms with van der Waals surface area (Å²) in [6, 6.07) is 3.18. The molecule has 1 aromatic carbocycles. The predicted molar refractivity (Wildman–Crippen MR) is 77.3 cm³/mol. The van der Waals surface area contributed by atoms with Crippen molar-refractivity contribution in [3.05, 3.63) is 35.4 Å². The van der Waals surface area contributed by atoms with Gasteiger partial charge in [0.1, 0.15) is 11.6 Å². The second-order valence-corrected chi connectivity index (χ2v) is 7.47. The third-order valence-corrected chi connectivity index (χ3v) is 5.14. The van der Waals surface area contributed by atoms with Crippen molar-refractivity contribution < 1.29 is 17.2 Å². The van der Waals surface area contributed by atoms with Crippen LogP contribution in [0.4, 0.5) is 8.78 Å². The summed E-state index contributed by atoms with van der Waals surface area (Å²) in [6.07, 6.45) is 2.52. The average molecular weight is 318 g/mol. The van der Waals surface area contributed by atoms with Crippen molar-refractivity contribution in [3.63, 3.8) is 0 Å². The van der Waals surface area contributed by atoms with Crippen molar-refractivity contribution in [2.75, 3.05) is 19.3 Å². The first-order chi connectivity index (χ1) is 9.77. The molecule has 118 valence electrons. The minimum Gasteiger partial charge on any atom is -0.307 e.